The van der Waals surface area contributed by atoms with E-state index in [1.807, 2.05) is 6.92 Å². The Bertz CT molecular complexity index is 494. The smallest absolute Gasteiger partial charge is 0.335 e. The number of hydrogen-bond donors (Lipinski definition) is 3. The molecule has 1 aromatic carbocycles. The van der Waals surface area contributed by atoms with Crippen molar-refractivity contribution in [3.63, 3.8) is 0 Å². The largest absolute Gasteiger partial charge is 0.478 e. The number of carboxylic acid groups (broad SMARTS) is 1. The summed E-state index contributed by atoms with van der Waals surface area (Å²) in [4.78, 5) is 22.5. The van der Waals surface area contributed by atoms with Gasteiger partial charge >= 0.3 is 12.0 Å². The second-order valence-corrected chi connectivity index (χ2v) is 4.75. The first-order chi connectivity index (χ1) is 10.0. The average Bonchev–Trinajstić information content (AvgIpc) is 2.44. The fourth-order valence-corrected chi connectivity index (χ4v) is 1.71. The van der Waals surface area contributed by atoms with Crippen molar-refractivity contribution in [2.45, 2.75) is 19.8 Å². The molecule has 0 aliphatic heterocycles. The van der Waals surface area contributed by atoms with Gasteiger partial charge in [-0.05, 0) is 31.0 Å². The summed E-state index contributed by atoms with van der Waals surface area (Å²) >= 11 is 5.91. The SMILES string of the molecule is CCCOCCCNC(=O)Nc1cc(C(=O)O)ccc1Cl. The maximum absolute atomic E-state index is 11.7. The lowest BCUT2D eigenvalue weighted by Gasteiger charge is -2.10. The van der Waals surface area contributed by atoms with E-state index in [1.54, 1.807) is 0 Å². The molecule has 0 spiro atoms. The molecule has 0 radical (unpaired) electrons. The highest BCUT2D eigenvalue weighted by Gasteiger charge is 2.09. The Labute approximate surface area is 128 Å². The lowest BCUT2D eigenvalue weighted by Crippen LogP contribution is -2.30. The Morgan fingerprint density at radius 2 is 2.10 bits per heavy atom. The molecule has 2 amide bonds. The Morgan fingerprint density at radius 3 is 2.76 bits per heavy atom. The van der Waals surface area contributed by atoms with Gasteiger partial charge in [-0.15, -0.1) is 0 Å². The van der Waals surface area contributed by atoms with Crippen molar-refractivity contribution in [2.75, 3.05) is 25.1 Å². The molecular formula is C14H19ClN2O4. The van der Waals surface area contributed by atoms with Gasteiger partial charge in [0.2, 0.25) is 0 Å². The number of aromatic carboxylic acids is 1. The van der Waals surface area contributed by atoms with Crippen LogP contribution in [0.4, 0.5) is 10.5 Å². The summed E-state index contributed by atoms with van der Waals surface area (Å²) in [6, 6.07) is 3.68. The van der Waals surface area contributed by atoms with E-state index in [2.05, 4.69) is 10.6 Å². The van der Waals surface area contributed by atoms with Gasteiger partial charge in [0.05, 0.1) is 16.3 Å². The van der Waals surface area contributed by atoms with Gasteiger partial charge in [0.25, 0.3) is 0 Å². The molecule has 116 valence electrons. The van der Waals surface area contributed by atoms with Crippen LogP contribution in [0.25, 0.3) is 0 Å². The number of ether oxygens (including phenoxy) is 1. The number of hydrogen-bond acceptors (Lipinski definition) is 3. The van der Waals surface area contributed by atoms with E-state index >= 15 is 0 Å². The fraction of sp³-hybridized carbons (Fsp3) is 0.429. The molecule has 0 fully saturated rings. The lowest BCUT2D eigenvalue weighted by atomic mass is 10.2. The Morgan fingerprint density at radius 1 is 1.33 bits per heavy atom. The van der Waals surface area contributed by atoms with Gasteiger partial charge in [0.1, 0.15) is 0 Å². The number of halogens is 1. The molecule has 0 unspecified atom stereocenters. The van der Waals surface area contributed by atoms with E-state index in [0.29, 0.717) is 26.2 Å². The number of amides is 2. The second-order valence-electron chi connectivity index (χ2n) is 4.35. The fourth-order valence-electron chi connectivity index (χ4n) is 1.54. The first-order valence-electron chi connectivity index (χ1n) is 6.70. The van der Waals surface area contributed by atoms with Crippen LogP contribution in [-0.4, -0.2) is 36.9 Å². The van der Waals surface area contributed by atoms with E-state index in [-0.39, 0.29) is 16.3 Å². The van der Waals surface area contributed by atoms with Gasteiger partial charge in [0.15, 0.2) is 0 Å². The molecule has 6 nitrogen and oxygen atoms in total. The molecule has 0 aliphatic rings. The summed E-state index contributed by atoms with van der Waals surface area (Å²) in [6.45, 7) is 3.79. The van der Waals surface area contributed by atoms with Crippen LogP contribution in [-0.2, 0) is 4.74 Å². The van der Waals surface area contributed by atoms with Gasteiger partial charge in [-0.1, -0.05) is 18.5 Å². The van der Waals surface area contributed by atoms with Crippen molar-refractivity contribution in [1.82, 2.24) is 5.32 Å². The van der Waals surface area contributed by atoms with Crippen LogP contribution in [0.5, 0.6) is 0 Å². The van der Waals surface area contributed by atoms with Crippen molar-refractivity contribution in [3.8, 4) is 0 Å². The van der Waals surface area contributed by atoms with E-state index in [0.717, 1.165) is 6.42 Å². The molecule has 0 bridgehead atoms. The molecule has 0 heterocycles. The van der Waals surface area contributed by atoms with Gasteiger partial charge in [-0.25, -0.2) is 9.59 Å². The summed E-state index contributed by atoms with van der Waals surface area (Å²) in [7, 11) is 0. The molecular weight excluding hydrogens is 296 g/mol. The van der Waals surface area contributed by atoms with Crippen LogP contribution in [0, 0.1) is 0 Å². The van der Waals surface area contributed by atoms with Crippen molar-refractivity contribution in [2.24, 2.45) is 0 Å². The number of carbonyl (C=O) groups is 2. The van der Waals surface area contributed by atoms with Crippen LogP contribution >= 0.6 is 11.6 Å². The number of rotatable bonds is 8. The standard InChI is InChI=1S/C14H19ClN2O4/c1-2-7-21-8-3-6-16-14(20)17-12-9-10(13(18)19)4-5-11(12)15/h4-5,9H,2-3,6-8H2,1H3,(H,18,19)(H2,16,17,20). The average molecular weight is 315 g/mol. The van der Waals surface area contributed by atoms with Crippen molar-refractivity contribution < 1.29 is 19.4 Å². The van der Waals surface area contributed by atoms with Crippen molar-refractivity contribution >= 4 is 29.3 Å². The van der Waals surface area contributed by atoms with Crippen LogP contribution < -0.4 is 10.6 Å². The molecule has 0 aliphatic carbocycles. The summed E-state index contributed by atoms with van der Waals surface area (Å²) in [6.07, 6.45) is 1.67. The number of anilines is 1. The predicted octanol–water partition coefficient (Wildman–Crippen LogP) is 2.98. The van der Waals surface area contributed by atoms with Crippen molar-refractivity contribution in [3.05, 3.63) is 28.8 Å². The van der Waals surface area contributed by atoms with E-state index in [9.17, 15) is 9.59 Å². The van der Waals surface area contributed by atoms with Crippen LogP contribution in [0.1, 0.15) is 30.1 Å². The van der Waals surface area contributed by atoms with Crippen LogP contribution in [0.3, 0.4) is 0 Å². The molecule has 1 rings (SSSR count). The summed E-state index contributed by atoms with van der Waals surface area (Å²) in [5, 5.41) is 14.3. The van der Waals surface area contributed by atoms with Gasteiger partial charge < -0.3 is 20.5 Å². The first kappa shape index (κ1) is 17.3. The Hall–Kier alpha value is -1.79. The van der Waals surface area contributed by atoms with E-state index in [4.69, 9.17) is 21.4 Å². The van der Waals surface area contributed by atoms with Crippen LogP contribution in [0.2, 0.25) is 5.02 Å². The quantitative estimate of drug-likeness (QED) is 0.644. The molecule has 3 N–H and O–H groups in total. The van der Waals surface area contributed by atoms with Crippen molar-refractivity contribution in [1.29, 1.82) is 0 Å². The third-order valence-electron chi connectivity index (χ3n) is 2.56. The Balaban J connectivity index is 2.40. The predicted molar refractivity (Wildman–Crippen MR) is 81.2 cm³/mol. The zero-order valence-electron chi connectivity index (χ0n) is 11.8. The van der Waals surface area contributed by atoms with E-state index in [1.165, 1.54) is 18.2 Å². The topological polar surface area (TPSA) is 87.7 Å². The molecule has 21 heavy (non-hydrogen) atoms. The van der Waals surface area contributed by atoms with Gasteiger partial charge in [-0.2, -0.15) is 0 Å². The third kappa shape index (κ3) is 6.46. The minimum atomic E-state index is -1.08. The van der Waals surface area contributed by atoms with Gasteiger partial charge in [-0.3, -0.25) is 0 Å². The number of urea groups is 1. The highest BCUT2D eigenvalue weighted by atomic mass is 35.5. The normalized spacial score (nSPS) is 10.2. The monoisotopic (exact) mass is 314 g/mol. The zero-order chi connectivity index (χ0) is 15.7. The number of nitrogens with one attached hydrogen (secondary N) is 2. The number of carbonyl (C=O) groups excluding carboxylic acids is 1. The lowest BCUT2D eigenvalue weighted by molar-refractivity contribution is 0.0697. The maximum atomic E-state index is 11.7. The summed E-state index contributed by atoms with van der Waals surface area (Å²) in [5.74, 6) is -1.08. The summed E-state index contributed by atoms with van der Waals surface area (Å²) in [5.41, 5.74) is 0.318. The zero-order valence-corrected chi connectivity index (χ0v) is 12.6. The highest BCUT2D eigenvalue weighted by molar-refractivity contribution is 6.33. The molecule has 0 atom stereocenters. The molecule has 0 saturated carbocycles. The molecule has 0 aromatic heterocycles. The van der Waals surface area contributed by atoms with Gasteiger partial charge in [0, 0.05) is 19.8 Å². The highest BCUT2D eigenvalue weighted by Crippen LogP contribution is 2.22. The first-order valence-corrected chi connectivity index (χ1v) is 7.07. The molecule has 0 saturated heterocycles. The maximum Gasteiger partial charge on any atom is 0.335 e. The number of carboxylic acids is 1. The number of benzene rings is 1. The van der Waals surface area contributed by atoms with Crippen LogP contribution in [0.15, 0.2) is 18.2 Å². The Kier molecular flexibility index (Phi) is 7.56. The molecule has 7 heteroatoms. The van der Waals surface area contributed by atoms with E-state index < -0.39 is 12.0 Å². The minimum absolute atomic E-state index is 0.0580. The second kappa shape index (κ2) is 9.20. The third-order valence-corrected chi connectivity index (χ3v) is 2.89. The minimum Gasteiger partial charge on any atom is -0.478 e. The molecule has 1 aromatic rings. The summed E-state index contributed by atoms with van der Waals surface area (Å²) < 4.78 is 5.29.